The highest BCUT2D eigenvalue weighted by atomic mass is 32.2. The minimum atomic E-state index is -0.341. The van der Waals surface area contributed by atoms with Gasteiger partial charge in [-0.15, -0.1) is 10.2 Å². The third kappa shape index (κ3) is 2.70. The molecule has 0 radical (unpaired) electrons. The van der Waals surface area contributed by atoms with Gasteiger partial charge >= 0.3 is 6.03 Å². The van der Waals surface area contributed by atoms with E-state index in [9.17, 15) is 9.59 Å². The summed E-state index contributed by atoms with van der Waals surface area (Å²) >= 11 is 1.19. The molecule has 8 nitrogen and oxygen atoms in total. The predicted octanol–water partition coefficient (Wildman–Crippen LogP) is 1.64. The van der Waals surface area contributed by atoms with Crippen molar-refractivity contribution in [1.29, 1.82) is 0 Å². The number of thioether (sulfide) groups is 1. The van der Waals surface area contributed by atoms with Gasteiger partial charge in [-0.25, -0.2) is 9.78 Å². The van der Waals surface area contributed by atoms with Gasteiger partial charge in [0.15, 0.2) is 5.65 Å². The molecule has 1 aliphatic rings. The van der Waals surface area contributed by atoms with Crippen LogP contribution in [0.4, 0.5) is 4.79 Å². The van der Waals surface area contributed by atoms with Crippen molar-refractivity contribution in [2.75, 3.05) is 18.8 Å². The summed E-state index contributed by atoms with van der Waals surface area (Å²) < 4.78 is 2.08. The number of aryl methyl sites for hydroxylation is 1. The lowest BCUT2D eigenvalue weighted by Crippen LogP contribution is -2.35. The van der Waals surface area contributed by atoms with Gasteiger partial charge in [0.2, 0.25) is 11.1 Å². The van der Waals surface area contributed by atoms with Crippen LogP contribution in [0.1, 0.15) is 6.92 Å². The van der Waals surface area contributed by atoms with Gasteiger partial charge in [-0.3, -0.25) is 9.69 Å². The number of hydrogen-bond donors (Lipinski definition) is 1. The van der Waals surface area contributed by atoms with Crippen LogP contribution in [-0.4, -0.2) is 55.4 Å². The van der Waals surface area contributed by atoms with Gasteiger partial charge in [-0.1, -0.05) is 30.0 Å². The number of fused-ring (bicyclic) bond motifs is 3. The maximum absolute atomic E-state index is 12.1. The molecule has 4 rings (SSSR count). The van der Waals surface area contributed by atoms with Crippen molar-refractivity contribution >= 4 is 45.8 Å². The minimum Gasteiger partial charge on any atom is -0.336 e. The molecule has 0 unspecified atom stereocenters. The zero-order valence-electron chi connectivity index (χ0n) is 13.6. The van der Waals surface area contributed by atoms with Crippen LogP contribution in [0, 0.1) is 0 Å². The molecule has 0 aliphatic carbocycles. The fourth-order valence-electron chi connectivity index (χ4n) is 2.98. The monoisotopic (exact) mass is 356 g/mol. The molecule has 1 aliphatic heterocycles. The Morgan fingerprint density at radius 1 is 1.32 bits per heavy atom. The van der Waals surface area contributed by atoms with E-state index < -0.39 is 0 Å². The third-order valence-electron chi connectivity index (χ3n) is 4.15. The summed E-state index contributed by atoms with van der Waals surface area (Å²) in [4.78, 5) is 29.4. The number of carbonyl (C=O) groups excluding carboxylic acids is 2. The molecule has 0 bridgehead atoms. The fourth-order valence-corrected chi connectivity index (χ4v) is 3.64. The highest BCUT2D eigenvalue weighted by Gasteiger charge is 2.26. The van der Waals surface area contributed by atoms with Gasteiger partial charge in [0.05, 0.1) is 11.3 Å². The number of imide groups is 1. The molecule has 9 heteroatoms. The number of nitrogens with one attached hydrogen (secondary N) is 1. The van der Waals surface area contributed by atoms with Crippen LogP contribution in [0.3, 0.4) is 0 Å². The van der Waals surface area contributed by atoms with Crippen molar-refractivity contribution in [3.05, 3.63) is 24.3 Å². The molecule has 1 saturated heterocycles. The Morgan fingerprint density at radius 2 is 2.16 bits per heavy atom. The predicted molar refractivity (Wildman–Crippen MR) is 94.3 cm³/mol. The van der Waals surface area contributed by atoms with Crippen LogP contribution in [0.2, 0.25) is 0 Å². The largest absolute Gasteiger partial charge is 0.336 e. The van der Waals surface area contributed by atoms with Crippen LogP contribution < -0.4 is 5.32 Å². The van der Waals surface area contributed by atoms with E-state index in [-0.39, 0.29) is 17.7 Å². The molecule has 3 amide bonds. The molecular formula is C16H16N6O2S. The average molecular weight is 356 g/mol. The quantitative estimate of drug-likeness (QED) is 0.715. The van der Waals surface area contributed by atoms with E-state index in [2.05, 4.69) is 32.0 Å². The first-order valence-corrected chi connectivity index (χ1v) is 9.00. The minimum absolute atomic E-state index is 0.104. The Labute approximate surface area is 147 Å². The fraction of sp³-hybridized carbons (Fsp3) is 0.312. The van der Waals surface area contributed by atoms with E-state index >= 15 is 0 Å². The second-order valence-electron chi connectivity index (χ2n) is 5.59. The van der Waals surface area contributed by atoms with E-state index in [1.54, 1.807) is 0 Å². The highest BCUT2D eigenvalue weighted by molar-refractivity contribution is 7.99. The molecule has 128 valence electrons. The van der Waals surface area contributed by atoms with Crippen LogP contribution in [-0.2, 0) is 11.3 Å². The maximum Gasteiger partial charge on any atom is 0.324 e. The van der Waals surface area contributed by atoms with Crippen LogP contribution >= 0.6 is 11.8 Å². The first-order valence-electron chi connectivity index (χ1n) is 8.01. The van der Waals surface area contributed by atoms with Crippen molar-refractivity contribution in [3.8, 4) is 0 Å². The van der Waals surface area contributed by atoms with E-state index in [1.165, 1.54) is 16.7 Å². The summed E-state index contributed by atoms with van der Waals surface area (Å²) in [5.74, 6) is -0.146. The van der Waals surface area contributed by atoms with Crippen LogP contribution in [0.25, 0.3) is 22.1 Å². The maximum atomic E-state index is 12.1. The first kappa shape index (κ1) is 15.8. The van der Waals surface area contributed by atoms with Crippen molar-refractivity contribution in [1.82, 2.24) is 30.0 Å². The number of amides is 3. The zero-order valence-corrected chi connectivity index (χ0v) is 14.4. The Balaban J connectivity index is 1.62. The van der Waals surface area contributed by atoms with Gasteiger partial charge in [0, 0.05) is 25.0 Å². The number of benzene rings is 1. The Morgan fingerprint density at radius 3 is 2.92 bits per heavy atom. The summed E-state index contributed by atoms with van der Waals surface area (Å²) in [7, 11) is 0. The van der Waals surface area contributed by atoms with Crippen molar-refractivity contribution in [2.45, 2.75) is 18.6 Å². The van der Waals surface area contributed by atoms with Crippen molar-refractivity contribution in [2.24, 2.45) is 0 Å². The topological polar surface area (TPSA) is 93.0 Å². The molecule has 1 fully saturated rings. The molecule has 2 aromatic heterocycles. The molecule has 0 spiro atoms. The van der Waals surface area contributed by atoms with Gasteiger partial charge in [0.1, 0.15) is 5.52 Å². The van der Waals surface area contributed by atoms with E-state index in [0.29, 0.717) is 18.2 Å². The SMILES string of the molecule is CCn1c2ccccc2c2nnc(SCC(=O)N3CCNC3=O)nc21. The summed E-state index contributed by atoms with van der Waals surface area (Å²) in [5, 5.41) is 12.5. The van der Waals surface area contributed by atoms with E-state index in [4.69, 9.17) is 0 Å². The van der Waals surface area contributed by atoms with Gasteiger partial charge in [0.25, 0.3) is 0 Å². The van der Waals surface area contributed by atoms with Gasteiger partial charge in [-0.05, 0) is 13.0 Å². The Bertz CT molecular complexity index is 985. The second-order valence-corrected chi connectivity index (χ2v) is 6.54. The normalized spacial score (nSPS) is 14.4. The van der Waals surface area contributed by atoms with Crippen LogP contribution in [0.5, 0.6) is 0 Å². The molecule has 0 atom stereocenters. The van der Waals surface area contributed by atoms with Crippen molar-refractivity contribution < 1.29 is 9.59 Å². The molecular weight excluding hydrogens is 340 g/mol. The van der Waals surface area contributed by atoms with Crippen LogP contribution in [0.15, 0.2) is 29.4 Å². The van der Waals surface area contributed by atoms with Gasteiger partial charge in [-0.2, -0.15) is 0 Å². The summed E-state index contributed by atoms with van der Waals surface area (Å²) in [5.41, 5.74) is 2.58. The summed E-state index contributed by atoms with van der Waals surface area (Å²) in [6.45, 7) is 3.71. The molecule has 1 aromatic carbocycles. The standard InChI is InChI=1S/C16H16N6O2S/c1-2-21-11-6-4-3-5-10(11)13-14(21)18-15(20-19-13)25-9-12(23)22-8-7-17-16(22)24/h3-6H,2,7-9H2,1H3,(H,17,24). The molecule has 3 aromatic rings. The Kier molecular flexibility index (Phi) is 4.00. The van der Waals surface area contributed by atoms with E-state index in [1.807, 2.05) is 24.3 Å². The number of rotatable bonds is 4. The summed E-state index contributed by atoms with van der Waals surface area (Å²) in [6.07, 6.45) is 0. The number of para-hydroxylation sites is 1. The number of urea groups is 1. The summed E-state index contributed by atoms with van der Waals surface area (Å²) in [6, 6.07) is 7.64. The molecule has 3 heterocycles. The number of nitrogens with zero attached hydrogens (tertiary/aromatic N) is 5. The Hall–Kier alpha value is -2.68. The lowest BCUT2D eigenvalue weighted by molar-refractivity contribution is -0.124. The lowest BCUT2D eigenvalue weighted by atomic mass is 10.2. The highest BCUT2D eigenvalue weighted by Crippen LogP contribution is 2.27. The van der Waals surface area contributed by atoms with Crippen molar-refractivity contribution in [3.63, 3.8) is 0 Å². The molecule has 25 heavy (non-hydrogen) atoms. The lowest BCUT2D eigenvalue weighted by Gasteiger charge is -2.10. The number of hydrogen-bond acceptors (Lipinski definition) is 6. The smallest absolute Gasteiger partial charge is 0.324 e. The third-order valence-corrected chi connectivity index (χ3v) is 4.98. The average Bonchev–Trinajstić information content (AvgIpc) is 3.20. The number of carbonyl (C=O) groups is 2. The first-order chi connectivity index (χ1) is 12.2. The molecule has 1 N–H and O–H groups in total. The second kappa shape index (κ2) is 6.32. The van der Waals surface area contributed by atoms with Gasteiger partial charge < -0.3 is 9.88 Å². The molecule has 0 saturated carbocycles. The van der Waals surface area contributed by atoms with E-state index in [0.717, 1.165) is 28.6 Å². The number of aromatic nitrogens is 4. The zero-order chi connectivity index (χ0) is 17.4.